The Morgan fingerprint density at radius 1 is 1.67 bits per heavy atom. The first-order valence-electron chi connectivity index (χ1n) is 2.15. The Morgan fingerprint density at radius 2 is 2.50 bits per heavy atom. The van der Waals surface area contributed by atoms with Crippen molar-refractivity contribution in [3.05, 3.63) is 18.6 Å². The van der Waals surface area contributed by atoms with Gasteiger partial charge in [0.1, 0.15) is 0 Å². The Bertz CT molecular complexity index is 66.3. The van der Waals surface area contributed by atoms with Gasteiger partial charge in [0.2, 0.25) is 0 Å². The summed E-state index contributed by atoms with van der Waals surface area (Å²) >= 11 is 0. The van der Waals surface area contributed by atoms with E-state index >= 15 is 0 Å². The van der Waals surface area contributed by atoms with E-state index in [0.29, 0.717) is 6.04 Å². The first kappa shape index (κ1) is 3.88. The first-order chi connectivity index (χ1) is 2.89. The molecule has 0 aliphatic heterocycles. The number of allylic oxidation sites excluding steroid dienone is 1. The van der Waals surface area contributed by atoms with Gasteiger partial charge < -0.3 is 5.73 Å². The fourth-order valence-corrected chi connectivity index (χ4v) is 0.536. The zero-order chi connectivity index (χ0) is 4.41. The lowest BCUT2D eigenvalue weighted by molar-refractivity contribution is 0.845. The third kappa shape index (κ3) is 0.601. The lowest BCUT2D eigenvalue weighted by Crippen LogP contribution is -2.11. The smallest absolute Gasteiger partial charge is 0.0229 e. The SMILES string of the molecule is N[C@@H]1C=C[CH]C1. The van der Waals surface area contributed by atoms with Crippen LogP contribution in [0.5, 0.6) is 0 Å². The predicted octanol–water partition coefficient (Wildman–Crippen LogP) is 0.478. The van der Waals surface area contributed by atoms with Crippen LogP contribution in [0.1, 0.15) is 6.42 Å². The fraction of sp³-hybridized carbons (Fsp3) is 0.400. The number of rotatable bonds is 0. The van der Waals surface area contributed by atoms with E-state index in [-0.39, 0.29) is 0 Å². The Labute approximate surface area is 37.8 Å². The monoisotopic (exact) mass is 82.1 g/mol. The van der Waals surface area contributed by atoms with Crippen molar-refractivity contribution in [2.45, 2.75) is 12.5 Å². The van der Waals surface area contributed by atoms with E-state index in [4.69, 9.17) is 5.73 Å². The summed E-state index contributed by atoms with van der Waals surface area (Å²) in [6.07, 6.45) is 7.11. The molecule has 0 fully saturated rings. The van der Waals surface area contributed by atoms with Crippen LogP contribution < -0.4 is 5.73 Å². The first-order valence-corrected chi connectivity index (χ1v) is 2.15. The molecule has 0 amide bonds. The molecule has 6 heavy (non-hydrogen) atoms. The highest BCUT2D eigenvalue weighted by molar-refractivity contribution is 5.09. The van der Waals surface area contributed by atoms with E-state index in [1.807, 2.05) is 12.2 Å². The maximum Gasteiger partial charge on any atom is 0.0229 e. The van der Waals surface area contributed by atoms with E-state index in [2.05, 4.69) is 6.42 Å². The average Bonchev–Trinajstić information content (AvgIpc) is 1.86. The van der Waals surface area contributed by atoms with Crippen molar-refractivity contribution in [2.24, 2.45) is 5.73 Å². The minimum Gasteiger partial charge on any atom is -0.324 e. The molecular weight excluding hydrogens is 74.1 g/mol. The molecule has 1 radical (unpaired) electrons. The van der Waals surface area contributed by atoms with Crippen LogP contribution in [-0.4, -0.2) is 6.04 Å². The van der Waals surface area contributed by atoms with Gasteiger partial charge in [0.05, 0.1) is 0 Å². The second-order valence-corrected chi connectivity index (χ2v) is 1.52. The molecule has 2 N–H and O–H groups in total. The van der Waals surface area contributed by atoms with Crippen LogP contribution in [0.4, 0.5) is 0 Å². The standard InChI is InChI=1S/C5H8N/c6-5-3-1-2-4-5/h1-3,5H,4,6H2/t5-/m1/s1. The summed E-state index contributed by atoms with van der Waals surface area (Å²) in [5, 5.41) is 0. The summed E-state index contributed by atoms with van der Waals surface area (Å²) in [7, 11) is 0. The molecule has 1 aliphatic carbocycles. The molecule has 0 spiro atoms. The third-order valence-electron chi connectivity index (χ3n) is 0.903. The lowest BCUT2D eigenvalue weighted by Gasteiger charge is -1.90. The van der Waals surface area contributed by atoms with E-state index in [0.717, 1.165) is 6.42 Å². The average molecular weight is 82.1 g/mol. The minimum atomic E-state index is 0.310. The molecular formula is C5H8N. The van der Waals surface area contributed by atoms with Gasteiger partial charge >= 0.3 is 0 Å². The normalized spacial score (nSPS) is 31.8. The van der Waals surface area contributed by atoms with E-state index < -0.39 is 0 Å². The topological polar surface area (TPSA) is 26.0 Å². The van der Waals surface area contributed by atoms with Crippen LogP contribution in [0.15, 0.2) is 12.2 Å². The number of hydrogen-bond acceptors (Lipinski definition) is 1. The zero-order valence-corrected chi connectivity index (χ0v) is 3.59. The molecule has 0 aromatic heterocycles. The van der Waals surface area contributed by atoms with Gasteiger partial charge in [-0.05, 0) is 12.8 Å². The van der Waals surface area contributed by atoms with Gasteiger partial charge in [0.25, 0.3) is 0 Å². The highest BCUT2D eigenvalue weighted by atomic mass is 14.6. The van der Waals surface area contributed by atoms with Crippen LogP contribution in [0.3, 0.4) is 0 Å². The molecule has 1 rings (SSSR count). The number of hydrogen-bond donors (Lipinski definition) is 1. The zero-order valence-electron chi connectivity index (χ0n) is 3.59. The summed E-state index contributed by atoms with van der Waals surface area (Å²) in [6, 6.07) is 0.310. The maximum atomic E-state index is 5.42. The Hall–Kier alpha value is -0.300. The van der Waals surface area contributed by atoms with Gasteiger partial charge in [0, 0.05) is 6.04 Å². The predicted molar refractivity (Wildman–Crippen MR) is 26.0 cm³/mol. The summed E-state index contributed by atoms with van der Waals surface area (Å²) < 4.78 is 0. The maximum absolute atomic E-state index is 5.42. The highest BCUT2D eigenvalue weighted by Gasteiger charge is 1.99. The minimum absolute atomic E-state index is 0.310. The molecule has 0 aromatic rings. The van der Waals surface area contributed by atoms with Gasteiger partial charge in [-0.2, -0.15) is 0 Å². The summed E-state index contributed by atoms with van der Waals surface area (Å²) in [5.74, 6) is 0. The van der Waals surface area contributed by atoms with Crippen molar-refractivity contribution in [2.75, 3.05) is 0 Å². The summed E-state index contributed by atoms with van der Waals surface area (Å²) in [6.45, 7) is 0. The molecule has 1 heteroatoms. The van der Waals surface area contributed by atoms with Gasteiger partial charge in [0.15, 0.2) is 0 Å². The highest BCUT2D eigenvalue weighted by Crippen LogP contribution is 2.03. The van der Waals surface area contributed by atoms with Crippen molar-refractivity contribution < 1.29 is 0 Å². The largest absolute Gasteiger partial charge is 0.324 e. The summed E-state index contributed by atoms with van der Waals surface area (Å²) in [4.78, 5) is 0. The molecule has 33 valence electrons. The second kappa shape index (κ2) is 1.43. The molecule has 1 nitrogen and oxygen atoms in total. The molecule has 0 heterocycles. The van der Waals surface area contributed by atoms with Gasteiger partial charge in [-0.15, -0.1) is 0 Å². The molecule has 1 aliphatic rings. The molecule has 1 atom stereocenters. The Morgan fingerprint density at radius 3 is 2.67 bits per heavy atom. The van der Waals surface area contributed by atoms with Crippen molar-refractivity contribution in [3.63, 3.8) is 0 Å². The van der Waals surface area contributed by atoms with Crippen molar-refractivity contribution in [3.8, 4) is 0 Å². The van der Waals surface area contributed by atoms with Gasteiger partial charge in [-0.25, -0.2) is 0 Å². The van der Waals surface area contributed by atoms with E-state index in [1.54, 1.807) is 0 Å². The Balaban J connectivity index is 2.38. The van der Waals surface area contributed by atoms with Crippen molar-refractivity contribution in [1.29, 1.82) is 0 Å². The van der Waals surface area contributed by atoms with Gasteiger partial charge in [-0.1, -0.05) is 12.2 Å². The second-order valence-electron chi connectivity index (χ2n) is 1.52. The van der Waals surface area contributed by atoms with Gasteiger partial charge in [-0.3, -0.25) is 0 Å². The molecule has 0 saturated heterocycles. The van der Waals surface area contributed by atoms with E-state index in [1.165, 1.54) is 0 Å². The lowest BCUT2D eigenvalue weighted by atomic mass is 10.3. The van der Waals surface area contributed by atoms with E-state index in [9.17, 15) is 0 Å². The summed E-state index contributed by atoms with van der Waals surface area (Å²) in [5.41, 5.74) is 5.42. The molecule has 0 bridgehead atoms. The van der Waals surface area contributed by atoms with Crippen LogP contribution in [-0.2, 0) is 0 Å². The third-order valence-corrected chi connectivity index (χ3v) is 0.903. The molecule has 0 saturated carbocycles. The fourth-order valence-electron chi connectivity index (χ4n) is 0.536. The van der Waals surface area contributed by atoms with Crippen LogP contribution in [0.2, 0.25) is 0 Å². The quantitative estimate of drug-likeness (QED) is 0.452. The van der Waals surface area contributed by atoms with Crippen LogP contribution in [0, 0.1) is 6.42 Å². The van der Waals surface area contributed by atoms with Crippen molar-refractivity contribution in [1.82, 2.24) is 0 Å². The number of nitrogens with two attached hydrogens (primary N) is 1. The van der Waals surface area contributed by atoms with Crippen molar-refractivity contribution >= 4 is 0 Å². The molecule has 0 aromatic carbocycles. The Kier molecular flexibility index (Phi) is 0.926. The van der Waals surface area contributed by atoms with Crippen LogP contribution >= 0.6 is 0 Å². The molecule has 0 unspecified atom stereocenters. The van der Waals surface area contributed by atoms with Crippen LogP contribution in [0.25, 0.3) is 0 Å².